The largest absolute Gasteiger partial charge is 0.303 e. The maximum absolute atomic E-state index is 13.8. The van der Waals surface area contributed by atoms with Gasteiger partial charge in [-0.3, -0.25) is 4.90 Å². The summed E-state index contributed by atoms with van der Waals surface area (Å²) < 4.78 is 53.9. The standard InChI is InChI=1S/C14H21F2N3O2S/c1-10-6-14(13(16)7-12(10)15)22(20,21)17-8-11-9-18(2)4-5-19(11)3/h6-7,11,17H,4-5,8-9H2,1-3H3/t11-/m1/s1. The molecule has 0 unspecified atom stereocenters. The average molecular weight is 333 g/mol. The highest BCUT2D eigenvalue weighted by molar-refractivity contribution is 7.89. The lowest BCUT2D eigenvalue weighted by molar-refractivity contribution is 0.117. The number of nitrogens with one attached hydrogen (secondary N) is 1. The van der Waals surface area contributed by atoms with Gasteiger partial charge in [0.2, 0.25) is 10.0 Å². The van der Waals surface area contributed by atoms with Crippen molar-refractivity contribution in [3.63, 3.8) is 0 Å². The molecule has 1 aliphatic rings. The number of halogens is 2. The van der Waals surface area contributed by atoms with E-state index in [9.17, 15) is 17.2 Å². The van der Waals surface area contributed by atoms with Gasteiger partial charge in [-0.2, -0.15) is 0 Å². The average Bonchev–Trinajstić information content (AvgIpc) is 2.43. The molecule has 2 rings (SSSR count). The van der Waals surface area contributed by atoms with E-state index < -0.39 is 26.6 Å². The zero-order valence-corrected chi connectivity index (χ0v) is 13.8. The summed E-state index contributed by atoms with van der Waals surface area (Å²) in [5, 5.41) is 0. The van der Waals surface area contributed by atoms with E-state index in [1.165, 1.54) is 6.92 Å². The van der Waals surface area contributed by atoms with E-state index in [1.54, 1.807) is 0 Å². The Labute approximate surface area is 130 Å². The molecule has 8 heteroatoms. The minimum Gasteiger partial charge on any atom is -0.303 e. The highest BCUT2D eigenvalue weighted by atomic mass is 32.2. The fraction of sp³-hybridized carbons (Fsp3) is 0.571. The van der Waals surface area contributed by atoms with Gasteiger partial charge in [-0.1, -0.05) is 0 Å². The molecule has 1 saturated heterocycles. The first-order valence-electron chi connectivity index (χ1n) is 7.05. The van der Waals surface area contributed by atoms with Crippen LogP contribution < -0.4 is 4.72 Å². The van der Waals surface area contributed by atoms with Crippen LogP contribution in [0, 0.1) is 18.6 Å². The van der Waals surface area contributed by atoms with Crippen molar-refractivity contribution in [3.8, 4) is 0 Å². The Kier molecular flexibility index (Phi) is 5.16. The lowest BCUT2D eigenvalue weighted by Gasteiger charge is -2.37. The molecule has 22 heavy (non-hydrogen) atoms. The van der Waals surface area contributed by atoms with E-state index in [4.69, 9.17) is 0 Å². The second-order valence-corrected chi connectivity index (χ2v) is 7.52. The summed E-state index contributed by atoms with van der Waals surface area (Å²) in [4.78, 5) is 3.66. The number of rotatable bonds is 4. The molecule has 0 aromatic heterocycles. The van der Waals surface area contributed by atoms with Crippen molar-refractivity contribution in [2.75, 3.05) is 40.3 Å². The van der Waals surface area contributed by atoms with E-state index in [1.807, 2.05) is 14.1 Å². The number of likely N-dealkylation sites (N-methyl/N-ethyl adjacent to an activating group) is 2. The van der Waals surface area contributed by atoms with Crippen molar-refractivity contribution in [1.82, 2.24) is 14.5 Å². The van der Waals surface area contributed by atoms with Crippen molar-refractivity contribution in [2.24, 2.45) is 0 Å². The van der Waals surface area contributed by atoms with Gasteiger partial charge in [-0.15, -0.1) is 0 Å². The summed E-state index contributed by atoms with van der Waals surface area (Å²) in [5.74, 6) is -1.84. The summed E-state index contributed by atoms with van der Waals surface area (Å²) in [6, 6.07) is 1.63. The molecule has 1 aromatic rings. The molecule has 1 aromatic carbocycles. The van der Waals surface area contributed by atoms with Crippen LogP contribution in [0.4, 0.5) is 8.78 Å². The molecule has 124 valence electrons. The minimum atomic E-state index is -4.01. The van der Waals surface area contributed by atoms with E-state index in [-0.39, 0.29) is 18.2 Å². The number of sulfonamides is 1. The Morgan fingerprint density at radius 3 is 2.59 bits per heavy atom. The molecule has 0 radical (unpaired) electrons. The fourth-order valence-electron chi connectivity index (χ4n) is 2.44. The van der Waals surface area contributed by atoms with Gasteiger partial charge in [0.15, 0.2) is 0 Å². The fourth-order valence-corrected chi connectivity index (χ4v) is 3.66. The Balaban J connectivity index is 2.13. The SMILES string of the molecule is Cc1cc(S(=O)(=O)NC[C@@H]2CN(C)CCN2C)c(F)cc1F. The topological polar surface area (TPSA) is 52.7 Å². The highest BCUT2D eigenvalue weighted by Crippen LogP contribution is 2.19. The van der Waals surface area contributed by atoms with Crippen LogP contribution in [0.5, 0.6) is 0 Å². The molecule has 0 aliphatic carbocycles. The molecule has 1 heterocycles. The van der Waals surface area contributed by atoms with Gasteiger partial charge in [0, 0.05) is 38.3 Å². The summed E-state index contributed by atoms with van der Waals surface area (Å²) in [6.45, 7) is 4.07. The molecule has 1 N–H and O–H groups in total. The third kappa shape index (κ3) is 3.81. The van der Waals surface area contributed by atoms with Crippen LogP contribution in [0.2, 0.25) is 0 Å². The van der Waals surface area contributed by atoms with E-state index >= 15 is 0 Å². The Hall–Kier alpha value is -1.09. The maximum Gasteiger partial charge on any atom is 0.243 e. The van der Waals surface area contributed by atoms with E-state index in [2.05, 4.69) is 14.5 Å². The first-order chi connectivity index (χ1) is 10.2. The van der Waals surface area contributed by atoms with E-state index in [0.717, 1.165) is 25.7 Å². The number of nitrogens with zero attached hydrogens (tertiary/aromatic N) is 2. The third-order valence-corrected chi connectivity index (χ3v) is 5.43. The van der Waals surface area contributed by atoms with Crippen LogP contribution >= 0.6 is 0 Å². The summed E-state index contributed by atoms with van der Waals surface area (Å²) in [6.07, 6.45) is 0. The Morgan fingerprint density at radius 1 is 1.23 bits per heavy atom. The van der Waals surface area contributed by atoms with Gasteiger partial charge < -0.3 is 4.90 Å². The predicted octanol–water partition coefficient (Wildman–Crippen LogP) is 0.797. The van der Waals surface area contributed by atoms with Crippen molar-refractivity contribution < 1.29 is 17.2 Å². The predicted molar refractivity (Wildman–Crippen MR) is 80.2 cm³/mol. The van der Waals surface area contributed by atoms with E-state index in [0.29, 0.717) is 6.07 Å². The third-order valence-electron chi connectivity index (χ3n) is 3.99. The second kappa shape index (κ2) is 6.57. The normalized spacial score (nSPS) is 21.2. The second-order valence-electron chi connectivity index (χ2n) is 5.78. The summed E-state index contributed by atoms with van der Waals surface area (Å²) >= 11 is 0. The van der Waals surface area contributed by atoms with Crippen molar-refractivity contribution in [3.05, 3.63) is 29.3 Å². The molecule has 0 saturated carbocycles. The molecule has 0 amide bonds. The monoisotopic (exact) mass is 333 g/mol. The molecule has 5 nitrogen and oxygen atoms in total. The lowest BCUT2D eigenvalue weighted by atomic mass is 10.2. The van der Waals surface area contributed by atoms with Crippen molar-refractivity contribution in [2.45, 2.75) is 17.9 Å². The first kappa shape index (κ1) is 17.3. The van der Waals surface area contributed by atoms with Gasteiger partial charge in [-0.05, 0) is 32.6 Å². The molecule has 1 fully saturated rings. The van der Waals surface area contributed by atoms with Crippen LogP contribution in [0.15, 0.2) is 17.0 Å². The summed E-state index contributed by atoms with van der Waals surface area (Å²) in [7, 11) is -0.112. The molecular formula is C14H21F2N3O2S. The highest BCUT2D eigenvalue weighted by Gasteiger charge is 2.26. The molecule has 0 spiro atoms. The molecule has 0 bridgehead atoms. The lowest BCUT2D eigenvalue weighted by Crippen LogP contribution is -2.54. The number of benzene rings is 1. The van der Waals surface area contributed by atoms with Gasteiger partial charge in [0.1, 0.15) is 16.5 Å². The zero-order valence-electron chi connectivity index (χ0n) is 12.9. The first-order valence-corrected chi connectivity index (χ1v) is 8.53. The van der Waals surface area contributed by atoms with Crippen LogP contribution in [-0.2, 0) is 10.0 Å². The number of hydrogen-bond acceptors (Lipinski definition) is 4. The number of aryl methyl sites for hydroxylation is 1. The van der Waals surface area contributed by atoms with Crippen molar-refractivity contribution >= 4 is 10.0 Å². The van der Waals surface area contributed by atoms with Crippen molar-refractivity contribution in [1.29, 1.82) is 0 Å². The maximum atomic E-state index is 13.8. The number of piperazine rings is 1. The van der Waals surface area contributed by atoms with Gasteiger partial charge in [0.25, 0.3) is 0 Å². The van der Waals surface area contributed by atoms with Crippen LogP contribution in [0.1, 0.15) is 5.56 Å². The zero-order chi connectivity index (χ0) is 16.5. The smallest absolute Gasteiger partial charge is 0.243 e. The van der Waals surface area contributed by atoms with Crippen LogP contribution in [-0.4, -0.2) is 64.5 Å². The summed E-state index contributed by atoms with van der Waals surface area (Å²) in [5.41, 5.74) is 0.0938. The van der Waals surface area contributed by atoms with Crippen LogP contribution in [0.3, 0.4) is 0 Å². The van der Waals surface area contributed by atoms with Gasteiger partial charge in [0.05, 0.1) is 0 Å². The van der Waals surface area contributed by atoms with Gasteiger partial charge in [-0.25, -0.2) is 21.9 Å². The van der Waals surface area contributed by atoms with Crippen LogP contribution in [0.25, 0.3) is 0 Å². The molecule has 1 atom stereocenters. The molecular weight excluding hydrogens is 312 g/mol. The minimum absolute atomic E-state index is 0.0122. The van der Waals surface area contributed by atoms with Gasteiger partial charge >= 0.3 is 0 Å². The Morgan fingerprint density at radius 2 is 1.91 bits per heavy atom. The quantitative estimate of drug-likeness (QED) is 0.885. The number of hydrogen-bond donors (Lipinski definition) is 1. The Bertz CT molecular complexity index is 652. The molecule has 1 aliphatic heterocycles.